The van der Waals surface area contributed by atoms with Crippen LogP contribution in [-0.4, -0.2) is 46.1 Å². The molecule has 1 aliphatic rings. The maximum atomic E-state index is 13.0. The molecule has 0 spiro atoms. The fourth-order valence-corrected chi connectivity index (χ4v) is 4.80. The second kappa shape index (κ2) is 9.09. The SMILES string of the molecule is CSc1nc2ccccc2n1C1CCN(CCCC(=O)c2ccc(F)cc2)CC1. The van der Waals surface area contributed by atoms with E-state index in [0.29, 0.717) is 18.0 Å². The third kappa shape index (κ3) is 4.54. The van der Waals surface area contributed by atoms with Gasteiger partial charge >= 0.3 is 0 Å². The summed E-state index contributed by atoms with van der Waals surface area (Å²) in [5.41, 5.74) is 2.89. The number of ketones is 1. The van der Waals surface area contributed by atoms with E-state index in [9.17, 15) is 9.18 Å². The van der Waals surface area contributed by atoms with E-state index in [1.165, 1.54) is 17.6 Å². The molecule has 4 nitrogen and oxygen atoms in total. The van der Waals surface area contributed by atoms with Crippen LogP contribution >= 0.6 is 11.8 Å². The standard InChI is InChI=1S/C23H26FN3OS/c1-29-23-25-20-5-2-3-6-21(20)27(23)19-12-15-26(16-13-19)14-4-7-22(28)17-8-10-18(24)11-9-17/h2-3,5-6,8-11,19H,4,7,12-16H2,1H3. The van der Waals surface area contributed by atoms with Crippen LogP contribution in [0.25, 0.3) is 11.0 Å². The predicted octanol–water partition coefficient (Wildman–Crippen LogP) is 5.20. The molecular formula is C23H26FN3OS. The van der Waals surface area contributed by atoms with E-state index in [1.54, 1.807) is 23.9 Å². The van der Waals surface area contributed by atoms with Gasteiger partial charge < -0.3 is 9.47 Å². The van der Waals surface area contributed by atoms with Crippen molar-refractivity contribution in [2.24, 2.45) is 0 Å². The normalized spacial score (nSPS) is 15.8. The van der Waals surface area contributed by atoms with Crippen LogP contribution in [0.15, 0.2) is 53.7 Å². The highest BCUT2D eigenvalue weighted by atomic mass is 32.2. The Bertz CT molecular complexity index is 977. The molecule has 0 saturated carbocycles. The maximum absolute atomic E-state index is 13.0. The fraction of sp³-hybridized carbons (Fsp3) is 0.391. The lowest BCUT2D eigenvalue weighted by Gasteiger charge is -2.33. The minimum absolute atomic E-state index is 0.0920. The van der Waals surface area contributed by atoms with Crippen molar-refractivity contribution in [1.29, 1.82) is 0 Å². The summed E-state index contributed by atoms with van der Waals surface area (Å²) in [7, 11) is 0. The number of carbonyl (C=O) groups excluding carboxylic acids is 1. The Hall–Kier alpha value is -2.18. The van der Waals surface area contributed by atoms with Gasteiger partial charge in [-0.3, -0.25) is 4.79 Å². The minimum atomic E-state index is -0.306. The molecule has 29 heavy (non-hydrogen) atoms. The number of aromatic nitrogens is 2. The van der Waals surface area contributed by atoms with Gasteiger partial charge in [0.05, 0.1) is 11.0 Å². The van der Waals surface area contributed by atoms with Gasteiger partial charge in [0.2, 0.25) is 0 Å². The molecule has 0 atom stereocenters. The van der Waals surface area contributed by atoms with Crippen molar-refractivity contribution in [1.82, 2.24) is 14.5 Å². The average Bonchev–Trinajstić information content (AvgIpc) is 3.13. The van der Waals surface area contributed by atoms with E-state index in [0.717, 1.165) is 49.6 Å². The third-order valence-corrected chi connectivity index (χ3v) is 6.37. The van der Waals surface area contributed by atoms with Gasteiger partial charge in [-0.1, -0.05) is 23.9 Å². The molecule has 0 radical (unpaired) electrons. The zero-order valence-corrected chi connectivity index (χ0v) is 17.5. The lowest BCUT2D eigenvalue weighted by molar-refractivity contribution is 0.0970. The number of Topliss-reactive ketones (excluding diaryl/α,β-unsaturated/α-hetero) is 1. The number of imidazole rings is 1. The van der Waals surface area contributed by atoms with Crippen LogP contribution in [0.4, 0.5) is 4.39 Å². The molecule has 0 amide bonds. The van der Waals surface area contributed by atoms with E-state index in [1.807, 2.05) is 6.07 Å². The quantitative estimate of drug-likeness (QED) is 0.396. The van der Waals surface area contributed by atoms with E-state index < -0.39 is 0 Å². The Balaban J connectivity index is 1.30. The summed E-state index contributed by atoms with van der Waals surface area (Å²) >= 11 is 1.71. The zero-order chi connectivity index (χ0) is 20.2. The molecule has 6 heteroatoms. The van der Waals surface area contributed by atoms with Crippen molar-refractivity contribution in [3.8, 4) is 0 Å². The molecule has 1 fully saturated rings. The smallest absolute Gasteiger partial charge is 0.169 e. The number of fused-ring (bicyclic) bond motifs is 1. The molecule has 2 heterocycles. The van der Waals surface area contributed by atoms with Gasteiger partial charge in [-0.05, 0) is 68.5 Å². The van der Waals surface area contributed by atoms with Crippen molar-refractivity contribution < 1.29 is 9.18 Å². The van der Waals surface area contributed by atoms with E-state index in [-0.39, 0.29) is 11.6 Å². The van der Waals surface area contributed by atoms with Crippen molar-refractivity contribution in [3.05, 3.63) is 59.9 Å². The number of piperidine rings is 1. The molecule has 4 rings (SSSR count). The second-order valence-electron chi connectivity index (χ2n) is 7.56. The molecule has 1 aliphatic heterocycles. The van der Waals surface area contributed by atoms with Gasteiger partial charge in [0.1, 0.15) is 5.82 Å². The summed E-state index contributed by atoms with van der Waals surface area (Å²) in [6, 6.07) is 14.7. The monoisotopic (exact) mass is 411 g/mol. The number of hydrogen-bond donors (Lipinski definition) is 0. The number of benzene rings is 2. The Morgan fingerprint density at radius 2 is 1.86 bits per heavy atom. The Morgan fingerprint density at radius 3 is 2.59 bits per heavy atom. The van der Waals surface area contributed by atoms with Crippen LogP contribution in [-0.2, 0) is 0 Å². The van der Waals surface area contributed by atoms with E-state index in [2.05, 4.69) is 33.9 Å². The maximum Gasteiger partial charge on any atom is 0.169 e. The van der Waals surface area contributed by atoms with Crippen molar-refractivity contribution in [2.45, 2.75) is 36.9 Å². The molecule has 1 aromatic heterocycles. The van der Waals surface area contributed by atoms with Gasteiger partial charge in [0.15, 0.2) is 10.9 Å². The number of carbonyl (C=O) groups is 1. The average molecular weight is 412 g/mol. The first-order valence-corrected chi connectivity index (χ1v) is 11.4. The van der Waals surface area contributed by atoms with E-state index in [4.69, 9.17) is 4.98 Å². The molecule has 0 N–H and O–H groups in total. The first-order valence-electron chi connectivity index (χ1n) is 10.2. The number of nitrogens with zero attached hydrogens (tertiary/aromatic N) is 3. The molecule has 0 unspecified atom stereocenters. The second-order valence-corrected chi connectivity index (χ2v) is 8.34. The van der Waals surface area contributed by atoms with Gasteiger partial charge in [-0.25, -0.2) is 9.37 Å². The summed E-state index contributed by atoms with van der Waals surface area (Å²) in [5.74, 6) is -0.214. The van der Waals surface area contributed by atoms with Crippen LogP contribution < -0.4 is 0 Å². The van der Waals surface area contributed by atoms with Crippen LogP contribution in [0.2, 0.25) is 0 Å². The van der Waals surface area contributed by atoms with Gasteiger partial charge in [0.25, 0.3) is 0 Å². The summed E-state index contributed by atoms with van der Waals surface area (Å²) in [5, 5.41) is 1.09. The number of rotatable bonds is 7. The third-order valence-electron chi connectivity index (χ3n) is 5.71. The number of likely N-dealkylation sites (tertiary alicyclic amines) is 1. The van der Waals surface area contributed by atoms with Crippen LogP contribution in [0, 0.1) is 5.82 Å². The highest BCUT2D eigenvalue weighted by Crippen LogP contribution is 2.32. The van der Waals surface area contributed by atoms with E-state index >= 15 is 0 Å². The van der Waals surface area contributed by atoms with Crippen LogP contribution in [0.1, 0.15) is 42.1 Å². The highest BCUT2D eigenvalue weighted by molar-refractivity contribution is 7.98. The number of para-hydroxylation sites is 2. The number of thioether (sulfide) groups is 1. The van der Waals surface area contributed by atoms with Crippen LogP contribution in [0.3, 0.4) is 0 Å². The van der Waals surface area contributed by atoms with Gasteiger partial charge in [-0.2, -0.15) is 0 Å². The summed E-state index contributed by atoms with van der Waals surface area (Å²) in [6.45, 7) is 3.01. The number of hydrogen-bond acceptors (Lipinski definition) is 4. The largest absolute Gasteiger partial charge is 0.316 e. The topological polar surface area (TPSA) is 38.1 Å². The van der Waals surface area contributed by atoms with Crippen molar-refractivity contribution in [2.75, 3.05) is 25.9 Å². The molecule has 3 aromatic rings. The molecule has 0 aliphatic carbocycles. The zero-order valence-electron chi connectivity index (χ0n) is 16.7. The first-order chi connectivity index (χ1) is 14.2. The summed E-state index contributed by atoms with van der Waals surface area (Å²) in [6.07, 6.45) is 5.63. The molecular weight excluding hydrogens is 385 g/mol. The predicted molar refractivity (Wildman–Crippen MR) is 116 cm³/mol. The molecule has 2 aromatic carbocycles. The van der Waals surface area contributed by atoms with Crippen molar-refractivity contribution in [3.63, 3.8) is 0 Å². The summed E-state index contributed by atoms with van der Waals surface area (Å²) < 4.78 is 15.4. The fourth-order valence-electron chi connectivity index (χ4n) is 4.16. The highest BCUT2D eigenvalue weighted by Gasteiger charge is 2.24. The Morgan fingerprint density at radius 1 is 1.14 bits per heavy atom. The first kappa shape index (κ1) is 20.1. The van der Waals surface area contributed by atoms with Crippen molar-refractivity contribution >= 4 is 28.6 Å². The Labute approximate surface area is 175 Å². The van der Waals surface area contributed by atoms with Gasteiger partial charge in [-0.15, -0.1) is 0 Å². The molecule has 1 saturated heterocycles. The minimum Gasteiger partial charge on any atom is -0.316 e. The summed E-state index contributed by atoms with van der Waals surface area (Å²) in [4.78, 5) is 19.5. The number of halogens is 1. The van der Waals surface area contributed by atoms with Gasteiger partial charge in [0, 0.05) is 31.1 Å². The van der Waals surface area contributed by atoms with Crippen LogP contribution in [0.5, 0.6) is 0 Å². The lowest BCUT2D eigenvalue weighted by atomic mass is 10.0. The lowest BCUT2D eigenvalue weighted by Crippen LogP contribution is -2.35. The Kier molecular flexibility index (Phi) is 6.31. The molecule has 152 valence electrons. The molecule has 0 bridgehead atoms.